The molecule has 1 heterocycles. The van der Waals surface area contributed by atoms with Gasteiger partial charge in [0, 0.05) is 21.9 Å². The molecule has 2 rings (SSSR count). The van der Waals surface area contributed by atoms with E-state index in [4.69, 9.17) is 11.6 Å². The molecule has 108 valence electrons. The van der Waals surface area contributed by atoms with E-state index >= 15 is 0 Å². The van der Waals surface area contributed by atoms with Crippen molar-refractivity contribution < 1.29 is 0 Å². The normalized spacial score (nSPS) is 18.6. The molecule has 0 aliphatic heterocycles. The first-order valence-corrected chi connectivity index (χ1v) is 9.61. The van der Waals surface area contributed by atoms with Crippen molar-refractivity contribution >= 4 is 34.7 Å². The molecule has 0 radical (unpaired) electrons. The van der Waals surface area contributed by atoms with Crippen LogP contribution in [0.1, 0.15) is 43.9 Å². The van der Waals surface area contributed by atoms with E-state index in [1.807, 2.05) is 6.07 Å². The second kappa shape index (κ2) is 8.56. The van der Waals surface area contributed by atoms with Gasteiger partial charge in [0.05, 0.1) is 4.34 Å². The van der Waals surface area contributed by atoms with Crippen molar-refractivity contribution in [3.63, 3.8) is 0 Å². The molecule has 4 heteroatoms. The molecule has 1 aromatic rings. The van der Waals surface area contributed by atoms with E-state index in [1.54, 1.807) is 11.3 Å². The van der Waals surface area contributed by atoms with Crippen LogP contribution in [-0.2, 0) is 6.42 Å². The summed E-state index contributed by atoms with van der Waals surface area (Å²) in [6.07, 6.45) is 8.28. The van der Waals surface area contributed by atoms with Crippen molar-refractivity contribution in [1.29, 1.82) is 0 Å². The van der Waals surface area contributed by atoms with Gasteiger partial charge in [0.15, 0.2) is 0 Å². The number of hydrogen-bond acceptors (Lipinski definition) is 3. The molecule has 1 aliphatic rings. The van der Waals surface area contributed by atoms with Gasteiger partial charge in [-0.25, -0.2) is 0 Å². The SMILES string of the molecule is CCNC(CSC1CCCCC1)Cc1ccc(Cl)s1. The Hall–Kier alpha value is 0.300. The molecule has 0 bridgehead atoms. The third-order valence-corrected chi connectivity index (χ3v) is 6.45. The van der Waals surface area contributed by atoms with Crippen LogP contribution in [0.3, 0.4) is 0 Å². The topological polar surface area (TPSA) is 12.0 Å². The summed E-state index contributed by atoms with van der Waals surface area (Å²) in [7, 11) is 0. The molecule has 19 heavy (non-hydrogen) atoms. The number of thiophene rings is 1. The summed E-state index contributed by atoms with van der Waals surface area (Å²) < 4.78 is 0.908. The summed E-state index contributed by atoms with van der Waals surface area (Å²) in [6, 6.07) is 4.77. The highest BCUT2D eigenvalue weighted by atomic mass is 35.5. The van der Waals surface area contributed by atoms with E-state index in [2.05, 4.69) is 30.1 Å². The molecule has 1 N–H and O–H groups in total. The molecule has 1 fully saturated rings. The van der Waals surface area contributed by atoms with E-state index in [-0.39, 0.29) is 0 Å². The van der Waals surface area contributed by atoms with Crippen molar-refractivity contribution in [2.75, 3.05) is 12.3 Å². The van der Waals surface area contributed by atoms with Crippen molar-refractivity contribution in [2.45, 2.75) is 56.7 Å². The number of rotatable bonds is 7. The maximum Gasteiger partial charge on any atom is 0.0931 e. The molecule has 1 aromatic heterocycles. The second-order valence-corrected chi connectivity index (χ2v) is 8.39. The molecule has 0 spiro atoms. The highest BCUT2D eigenvalue weighted by molar-refractivity contribution is 7.99. The maximum atomic E-state index is 6.01. The molecule has 1 nitrogen and oxygen atoms in total. The highest BCUT2D eigenvalue weighted by Gasteiger charge is 2.17. The lowest BCUT2D eigenvalue weighted by Crippen LogP contribution is -2.33. The van der Waals surface area contributed by atoms with E-state index < -0.39 is 0 Å². The van der Waals surface area contributed by atoms with Gasteiger partial charge in [0.1, 0.15) is 0 Å². The second-order valence-electron chi connectivity index (χ2n) is 5.26. The Kier molecular flexibility index (Phi) is 7.06. The monoisotopic (exact) mass is 317 g/mol. The van der Waals surface area contributed by atoms with Crippen LogP contribution >= 0.6 is 34.7 Å². The molecule has 0 saturated heterocycles. The summed E-state index contributed by atoms with van der Waals surface area (Å²) in [6.45, 7) is 3.24. The van der Waals surface area contributed by atoms with E-state index in [9.17, 15) is 0 Å². The number of halogens is 1. The van der Waals surface area contributed by atoms with Crippen LogP contribution in [0.4, 0.5) is 0 Å². The summed E-state index contributed by atoms with van der Waals surface area (Å²) in [5, 5.41) is 4.53. The van der Waals surface area contributed by atoms with Gasteiger partial charge in [0.2, 0.25) is 0 Å². The molecule has 1 saturated carbocycles. The van der Waals surface area contributed by atoms with Crippen molar-refractivity contribution in [3.05, 3.63) is 21.3 Å². The standard InChI is InChI=1S/C15H24ClNS2/c1-2-17-12(10-14-8-9-15(16)19-14)11-18-13-6-4-3-5-7-13/h8-9,12-13,17H,2-7,10-11H2,1H3. The molecule has 0 aromatic carbocycles. The fourth-order valence-corrected chi connectivity index (χ4v) is 5.24. The average Bonchev–Trinajstić information content (AvgIpc) is 2.83. The first-order chi connectivity index (χ1) is 9.28. The van der Waals surface area contributed by atoms with Gasteiger partial charge in [-0.05, 0) is 37.9 Å². The summed E-state index contributed by atoms with van der Waals surface area (Å²) >= 11 is 9.91. The van der Waals surface area contributed by atoms with Gasteiger partial charge < -0.3 is 5.32 Å². The van der Waals surface area contributed by atoms with Crippen molar-refractivity contribution in [3.8, 4) is 0 Å². The van der Waals surface area contributed by atoms with Crippen LogP contribution in [0, 0.1) is 0 Å². The maximum absolute atomic E-state index is 6.01. The first-order valence-electron chi connectivity index (χ1n) is 7.37. The molecule has 0 amide bonds. The lowest BCUT2D eigenvalue weighted by Gasteiger charge is -2.24. The van der Waals surface area contributed by atoms with Crippen molar-refractivity contribution in [1.82, 2.24) is 5.32 Å². The molecule has 1 atom stereocenters. The van der Waals surface area contributed by atoms with E-state index in [0.717, 1.165) is 22.6 Å². The minimum atomic E-state index is 0.589. The Labute approximate surface area is 130 Å². The molecule has 1 unspecified atom stereocenters. The van der Waals surface area contributed by atoms with Crippen LogP contribution < -0.4 is 5.32 Å². The lowest BCUT2D eigenvalue weighted by molar-refractivity contribution is 0.513. The number of thioether (sulfide) groups is 1. The van der Waals surface area contributed by atoms with Gasteiger partial charge in [-0.15, -0.1) is 11.3 Å². The first kappa shape index (κ1) is 15.7. The third kappa shape index (κ3) is 5.66. The molecular formula is C15H24ClNS2. The summed E-state index contributed by atoms with van der Waals surface area (Å²) in [4.78, 5) is 1.40. The zero-order valence-corrected chi connectivity index (χ0v) is 14.0. The smallest absolute Gasteiger partial charge is 0.0931 e. The van der Waals surface area contributed by atoms with Gasteiger partial charge in [-0.3, -0.25) is 0 Å². The lowest BCUT2D eigenvalue weighted by atomic mass is 10.0. The van der Waals surface area contributed by atoms with Gasteiger partial charge in [0.25, 0.3) is 0 Å². The fourth-order valence-electron chi connectivity index (χ4n) is 2.67. The van der Waals surface area contributed by atoms with Gasteiger partial charge in [-0.1, -0.05) is 37.8 Å². The average molecular weight is 318 g/mol. The highest BCUT2D eigenvalue weighted by Crippen LogP contribution is 2.29. The molecular weight excluding hydrogens is 294 g/mol. The van der Waals surface area contributed by atoms with Crippen LogP contribution in [0.2, 0.25) is 4.34 Å². The summed E-state index contributed by atoms with van der Waals surface area (Å²) in [5.41, 5.74) is 0. The van der Waals surface area contributed by atoms with Crippen LogP contribution in [0.5, 0.6) is 0 Å². The minimum absolute atomic E-state index is 0.589. The van der Waals surface area contributed by atoms with Gasteiger partial charge in [-0.2, -0.15) is 11.8 Å². The number of nitrogens with one attached hydrogen (secondary N) is 1. The zero-order valence-electron chi connectivity index (χ0n) is 11.7. The Morgan fingerprint density at radius 3 is 2.79 bits per heavy atom. The van der Waals surface area contributed by atoms with Crippen molar-refractivity contribution in [2.24, 2.45) is 0 Å². The van der Waals surface area contributed by atoms with Crippen LogP contribution in [-0.4, -0.2) is 23.6 Å². The quantitative estimate of drug-likeness (QED) is 0.760. The van der Waals surface area contributed by atoms with Crippen LogP contribution in [0.15, 0.2) is 12.1 Å². The number of likely N-dealkylation sites (N-methyl/N-ethyl adjacent to an activating group) is 1. The Morgan fingerprint density at radius 1 is 1.37 bits per heavy atom. The number of hydrogen-bond donors (Lipinski definition) is 1. The van der Waals surface area contributed by atoms with Crippen LogP contribution in [0.25, 0.3) is 0 Å². The summed E-state index contributed by atoms with van der Waals surface area (Å²) in [5.74, 6) is 1.23. The van der Waals surface area contributed by atoms with E-state index in [0.29, 0.717) is 6.04 Å². The van der Waals surface area contributed by atoms with E-state index in [1.165, 1.54) is 42.7 Å². The Balaban J connectivity index is 1.78. The largest absolute Gasteiger partial charge is 0.313 e. The third-order valence-electron chi connectivity index (χ3n) is 3.65. The van der Waals surface area contributed by atoms with Gasteiger partial charge >= 0.3 is 0 Å². The minimum Gasteiger partial charge on any atom is -0.313 e. The Morgan fingerprint density at radius 2 is 2.16 bits per heavy atom. The Bertz CT molecular complexity index is 361. The predicted octanol–water partition coefficient (Wildman–Crippen LogP) is 4.99. The fraction of sp³-hybridized carbons (Fsp3) is 0.733. The predicted molar refractivity (Wildman–Crippen MR) is 89.8 cm³/mol. The molecule has 1 aliphatic carbocycles. The zero-order chi connectivity index (χ0) is 13.5.